The topological polar surface area (TPSA) is 121 Å². The van der Waals surface area contributed by atoms with Gasteiger partial charge in [0.2, 0.25) is 5.91 Å². The predicted octanol–water partition coefficient (Wildman–Crippen LogP) is 2.75. The summed E-state index contributed by atoms with van der Waals surface area (Å²) < 4.78 is 0. The van der Waals surface area contributed by atoms with E-state index < -0.39 is 17.8 Å². The van der Waals surface area contributed by atoms with Crippen LogP contribution in [0.1, 0.15) is 43.2 Å². The number of benzene rings is 1. The van der Waals surface area contributed by atoms with E-state index in [0.29, 0.717) is 4.88 Å². The second-order valence-corrected chi connectivity index (χ2v) is 5.81. The van der Waals surface area contributed by atoms with Crippen LogP contribution in [0.2, 0.25) is 0 Å². The minimum absolute atomic E-state index is 0.0107. The summed E-state index contributed by atoms with van der Waals surface area (Å²) in [6.45, 7) is 0. The van der Waals surface area contributed by atoms with Gasteiger partial charge < -0.3 is 15.5 Å². The van der Waals surface area contributed by atoms with Crippen molar-refractivity contribution in [3.63, 3.8) is 0 Å². The van der Waals surface area contributed by atoms with Gasteiger partial charge in [0.15, 0.2) is 5.78 Å². The molecule has 0 aliphatic carbocycles. The van der Waals surface area contributed by atoms with Gasteiger partial charge in [0.05, 0.1) is 16.0 Å². The Kier molecular flexibility index (Phi) is 5.43. The second-order valence-electron chi connectivity index (χ2n) is 4.86. The number of anilines is 1. The molecule has 1 aromatic carbocycles. The molecule has 0 unspecified atom stereocenters. The van der Waals surface area contributed by atoms with Crippen LogP contribution in [-0.2, 0) is 4.79 Å². The third kappa shape index (κ3) is 4.50. The summed E-state index contributed by atoms with van der Waals surface area (Å²) in [6.07, 6.45) is -0.0762. The molecule has 0 atom stereocenters. The molecule has 0 bridgehead atoms. The molecule has 0 spiro atoms. The number of carboxylic acids is 2. The van der Waals surface area contributed by atoms with Gasteiger partial charge in [0.25, 0.3) is 0 Å². The van der Waals surface area contributed by atoms with Gasteiger partial charge in [-0.25, -0.2) is 9.59 Å². The van der Waals surface area contributed by atoms with E-state index in [1.54, 1.807) is 17.5 Å². The maximum Gasteiger partial charge on any atom is 0.335 e. The zero-order chi connectivity index (χ0) is 17.7. The Morgan fingerprint density at radius 3 is 2.08 bits per heavy atom. The molecule has 7 nitrogen and oxygen atoms in total. The number of carbonyl (C=O) groups is 4. The highest BCUT2D eigenvalue weighted by Gasteiger charge is 2.14. The van der Waals surface area contributed by atoms with Gasteiger partial charge in [-0.15, -0.1) is 11.3 Å². The molecule has 0 saturated heterocycles. The molecule has 0 saturated carbocycles. The number of carbonyl (C=O) groups excluding carboxylic acids is 2. The molecule has 124 valence electrons. The van der Waals surface area contributed by atoms with E-state index in [-0.39, 0.29) is 35.4 Å². The Labute approximate surface area is 140 Å². The van der Waals surface area contributed by atoms with Crippen molar-refractivity contribution < 1.29 is 29.4 Å². The minimum atomic E-state index is -1.30. The highest BCUT2D eigenvalue weighted by Crippen LogP contribution is 2.17. The number of Topliss-reactive ketones (excluding diaryl/α,β-unsaturated/α-hetero) is 1. The summed E-state index contributed by atoms with van der Waals surface area (Å²) in [6, 6.07) is 6.73. The smallest absolute Gasteiger partial charge is 0.335 e. The first-order valence-corrected chi connectivity index (χ1v) is 7.73. The molecule has 8 heteroatoms. The fraction of sp³-hybridized carbons (Fsp3) is 0.125. The lowest BCUT2D eigenvalue weighted by Crippen LogP contribution is -2.14. The van der Waals surface area contributed by atoms with Crippen LogP contribution in [0.4, 0.5) is 5.69 Å². The SMILES string of the molecule is O=C(CCC(=O)c1cccs1)Nc1cc(C(=O)O)cc(C(=O)O)c1. The second kappa shape index (κ2) is 7.51. The van der Waals surface area contributed by atoms with Gasteiger partial charge in [-0.3, -0.25) is 9.59 Å². The van der Waals surface area contributed by atoms with Gasteiger partial charge >= 0.3 is 11.9 Å². The fourth-order valence-corrected chi connectivity index (χ4v) is 2.65. The van der Waals surface area contributed by atoms with Crippen LogP contribution in [0.3, 0.4) is 0 Å². The number of thiophene rings is 1. The Morgan fingerprint density at radius 1 is 0.958 bits per heavy atom. The molecule has 0 aliphatic heterocycles. The molecular weight excluding hydrogens is 334 g/mol. The monoisotopic (exact) mass is 347 g/mol. The van der Waals surface area contributed by atoms with Crippen LogP contribution in [0, 0.1) is 0 Å². The fourth-order valence-electron chi connectivity index (χ4n) is 1.96. The van der Waals surface area contributed by atoms with Crippen LogP contribution >= 0.6 is 11.3 Å². The van der Waals surface area contributed by atoms with E-state index >= 15 is 0 Å². The first-order chi connectivity index (χ1) is 11.4. The molecule has 24 heavy (non-hydrogen) atoms. The van der Waals surface area contributed by atoms with E-state index in [1.807, 2.05) is 0 Å². The number of ketones is 1. The summed E-state index contributed by atoms with van der Waals surface area (Å²) in [5.74, 6) is -3.27. The van der Waals surface area contributed by atoms with Crippen molar-refractivity contribution in [2.24, 2.45) is 0 Å². The van der Waals surface area contributed by atoms with E-state index in [0.717, 1.165) is 18.2 Å². The molecule has 2 aromatic rings. The largest absolute Gasteiger partial charge is 0.478 e. The molecule has 2 rings (SSSR count). The predicted molar refractivity (Wildman–Crippen MR) is 86.9 cm³/mol. The van der Waals surface area contributed by atoms with Crippen LogP contribution in [-0.4, -0.2) is 33.8 Å². The number of amides is 1. The van der Waals surface area contributed by atoms with E-state index in [1.165, 1.54) is 11.3 Å². The van der Waals surface area contributed by atoms with E-state index in [4.69, 9.17) is 10.2 Å². The molecule has 1 heterocycles. The Balaban J connectivity index is 2.04. The lowest BCUT2D eigenvalue weighted by atomic mass is 10.1. The molecule has 0 fully saturated rings. The first-order valence-electron chi connectivity index (χ1n) is 6.85. The summed E-state index contributed by atoms with van der Waals surface area (Å²) >= 11 is 1.29. The van der Waals surface area contributed by atoms with Crippen molar-refractivity contribution in [1.29, 1.82) is 0 Å². The summed E-state index contributed by atoms with van der Waals surface area (Å²) in [4.78, 5) is 46.3. The number of rotatable bonds is 7. The van der Waals surface area contributed by atoms with E-state index in [9.17, 15) is 19.2 Å². The van der Waals surface area contributed by atoms with Crippen molar-refractivity contribution in [2.45, 2.75) is 12.8 Å². The van der Waals surface area contributed by atoms with Crippen molar-refractivity contribution >= 4 is 40.7 Å². The average molecular weight is 347 g/mol. The van der Waals surface area contributed by atoms with Crippen molar-refractivity contribution in [3.8, 4) is 0 Å². The van der Waals surface area contributed by atoms with Gasteiger partial charge in [0, 0.05) is 18.5 Å². The number of nitrogens with one attached hydrogen (secondary N) is 1. The average Bonchev–Trinajstić information content (AvgIpc) is 3.06. The van der Waals surface area contributed by atoms with Crippen molar-refractivity contribution in [2.75, 3.05) is 5.32 Å². The van der Waals surface area contributed by atoms with Crippen LogP contribution in [0.25, 0.3) is 0 Å². The van der Waals surface area contributed by atoms with Gasteiger partial charge in [0.1, 0.15) is 0 Å². The van der Waals surface area contributed by atoms with Crippen molar-refractivity contribution in [3.05, 3.63) is 51.7 Å². The zero-order valence-electron chi connectivity index (χ0n) is 12.3. The summed E-state index contributed by atoms with van der Waals surface area (Å²) in [7, 11) is 0. The Morgan fingerprint density at radius 2 is 1.58 bits per heavy atom. The molecule has 3 N–H and O–H groups in total. The lowest BCUT2D eigenvalue weighted by Gasteiger charge is -2.07. The molecule has 0 aliphatic rings. The lowest BCUT2D eigenvalue weighted by molar-refractivity contribution is -0.116. The maximum absolute atomic E-state index is 11.9. The highest BCUT2D eigenvalue weighted by atomic mass is 32.1. The summed E-state index contributed by atoms with van der Waals surface area (Å²) in [5.41, 5.74) is -0.444. The van der Waals surface area contributed by atoms with Gasteiger partial charge in [-0.05, 0) is 29.6 Å². The third-order valence-electron chi connectivity index (χ3n) is 3.09. The van der Waals surface area contributed by atoms with Crippen LogP contribution in [0.5, 0.6) is 0 Å². The minimum Gasteiger partial charge on any atom is -0.478 e. The van der Waals surface area contributed by atoms with E-state index in [2.05, 4.69) is 5.32 Å². The number of hydrogen-bond donors (Lipinski definition) is 3. The quantitative estimate of drug-likeness (QED) is 0.662. The standard InChI is InChI=1S/C16H13NO6S/c18-12(13-2-1-5-24-13)3-4-14(19)17-11-7-9(15(20)21)6-10(8-11)16(22)23/h1-2,5-8H,3-4H2,(H,17,19)(H,20,21)(H,22,23). The highest BCUT2D eigenvalue weighted by molar-refractivity contribution is 7.12. The molecule has 1 aromatic heterocycles. The van der Waals surface area contributed by atoms with Crippen molar-refractivity contribution in [1.82, 2.24) is 0 Å². The number of hydrogen-bond acceptors (Lipinski definition) is 5. The first kappa shape index (κ1) is 17.4. The normalized spacial score (nSPS) is 10.2. The van der Waals surface area contributed by atoms with Gasteiger partial charge in [-0.2, -0.15) is 0 Å². The molecule has 0 radical (unpaired) electrons. The van der Waals surface area contributed by atoms with Gasteiger partial charge in [-0.1, -0.05) is 6.07 Å². The number of carboxylic acid groups (broad SMARTS) is 2. The van der Waals surface area contributed by atoms with Crippen LogP contribution in [0.15, 0.2) is 35.7 Å². The number of aromatic carboxylic acids is 2. The summed E-state index contributed by atoms with van der Waals surface area (Å²) in [5, 5.41) is 22.1. The Bertz CT molecular complexity index is 765. The maximum atomic E-state index is 11.9. The molecule has 1 amide bonds. The molecular formula is C16H13NO6S. The Hall–Kier alpha value is -3.00. The zero-order valence-corrected chi connectivity index (χ0v) is 13.1. The van der Waals surface area contributed by atoms with Crippen LogP contribution < -0.4 is 5.32 Å². The third-order valence-corrected chi connectivity index (χ3v) is 4.00.